The van der Waals surface area contributed by atoms with Gasteiger partial charge in [0.05, 0.1) is 11.4 Å². The number of amides is 2. The van der Waals surface area contributed by atoms with Gasteiger partial charge in [0, 0.05) is 38.3 Å². The van der Waals surface area contributed by atoms with E-state index >= 15 is 0 Å². The average molecular weight is 410 g/mol. The molecule has 0 aliphatic carbocycles. The zero-order valence-electron chi connectivity index (χ0n) is 17.5. The molecule has 2 aromatic rings. The summed E-state index contributed by atoms with van der Waals surface area (Å²) in [6.07, 6.45) is 0. The van der Waals surface area contributed by atoms with E-state index in [9.17, 15) is 9.59 Å². The van der Waals surface area contributed by atoms with Crippen molar-refractivity contribution in [3.05, 3.63) is 47.3 Å². The highest BCUT2D eigenvalue weighted by atomic mass is 16.5. The molecule has 30 heavy (non-hydrogen) atoms. The molecule has 158 valence electrons. The minimum atomic E-state index is -0.619. The third kappa shape index (κ3) is 3.93. The monoisotopic (exact) mass is 410 g/mol. The molecule has 2 aliphatic rings. The van der Waals surface area contributed by atoms with Gasteiger partial charge in [0.1, 0.15) is 11.8 Å². The van der Waals surface area contributed by atoms with E-state index in [0.29, 0.717) is 18.8 Å². The highest BCUT2D eigenvalue weighted by Gasteiger charge is 2.33. The first-order chi connectivity index (χ1) is 14.4. The Hall–Kier alpha value is -3.20. The van der Waals surface area contributed by atoms with Crippen LogP contribution >= 0.6 is 0 Å². The van der Waals surface area contributed by atoms with Gasteiger partial charge >= 0.3 is 0 Å². The summed E-state index contributed by atoms with van der Waals surface area (Å²) in [5.41, 5.74) is 5.62. The predicted molar refractivity (Wildman–Crippen MR) is 112 cm³/mol. The number of benzene rings is 1. The summed E-state index contributed by atoms with van der Waals surface area (Å²) >= 11 is 0. The Morgan fingerprint density at radius 3 is 2.50 bits per heavy atom. The Morgan fingerprint density at radius 1 is 1.17 bits per heavy atom. The van der Waals surface area contributed by atoms with Gasteiger partial charge in [-0.25, -0.2) is 10.0 Å². The zero-order valence-corrected chi connectivity index (χ0v) is 17.5. The van der Waals surface area contributed by atoms with Crippen LogP contribution in [0, 0.1) is 13.8 Å². The molecule has 0 radical (unpaired) electrons. The molecule has 3 heterocycles. The van der Waals surface area contributed by atoms with E-state index in [1.54, 1.807) is 11.8 Å². The molecule has 1 unspecified atom stereocenters. The highest BCUT2D eigenvalue weighted by Crippen LogP contribution is 2.18. The topological polar surface area (TPSA) is 94.3 Å². The maximum absolute atomic E-state index is 13.1. The molecule has 1 saturated heterocycles. The van der Waals surface area contributed by atoms with E-state index in [0.717, 1.165) is 36.7 Å². The Bertz CT molecular complexity index is 943. The van der Waals surface area contributed by atoms with Crippen molar-refractivity contribution in [2.45, 2.75) is 33.4 Å². The molecule has 0 bridgehead atoms. The first-order valence-corrected chi connectivity index (χ1v) is 10.1. The van der Waals surface area contributed by atoms with Gasteiger partial charge in [-0.15, -0.1) is 0 Å². The number of carbonyl (C=O) groups is 2. The van der Waals surface area contributed by atoms with E-state index in [1.807, 2.05) is 44.2 Å². The molecule has 9 heteroatoms. The summed E-state index contributed by atoms with van der Waals surface area (Å²) < 4.78 is 5.24. The van der Waals surface area contributed by atoms with E-state index in [4.69, 9.17) is 4.52 Å². The Balaban J connectivity index is 1.40. The lowest BCUT2D eigenvalue weighted by Gasteiger charge is -2.37. The van der Waals surface area contributed by atoms with E-state index in [2.05, 4.69) is 20.5 Å². The molecule has 4 rings (SSSR count). The summed E-state index contributed by atoms with van der Waals surface area (Å²) in [6, 6.07) is 8.59. The third-order valence-corrected chi connectivity index (χ3v) is 5.56. The van der Waals surface area contributed by atoms with Crippen LogP contribution in [0.4, 0.5) is 5.69 Å². The summed E-state index contributed by atoms with van der Waals surface area (Å²) in [5.74, 6) is 0.658. The van der Waals surface area contributed by atoms with Crippen LogP contribution in [-0.2, 0) is 16.1 Å². The number of piperazine rings is 1. The molecule has 0 spiro atoms. The van der Waals surface area contributed by atoms with E-state index < -0.39 is 6.04 Å². The second kappa shape index (κ2) is 8.27. The van der Waals surface area contributed by atoms with Crippen LogP contribution in [-0.4, -0.2) is 64.8 Å². The zero-order chi connectivity index (χ0) is 21.3. The van der Waals surface area contributed by atoms with E-state index in [-0.39, 0.29) is 17.6 Å². The molecule has 1 N–H and O–H groups in total. The van der Waals surface area contributed by atoms with Crippen molar-refractivity contribution in [2.75, 3.05) is 31.2 Å². The van der Waals surface area contributed by atoms with Crippen LogP contribution < -0.4 is 10.4 Å². The number of aliphatic imine (C=N–C) groups is 1. The van der Waals surface area contributed by atoms with Crippen LogP contribution in [0.1, 0.15) is 23.9 Å². The number of para-hydroxylation sites is 1. The van der Waals surface area contributed by atoms with Crippen molar-refractivity contribution in [3.63, 3.8) is 0 Å². The van der Waals surface area contributed by atoms with Crippen molar-refractivity contribution in [1.29, 1.82) is 0 Å². The number of hydrogen-bond donors (Lipinski definition) is 1. The van der Waals surface area contributed by atoms with Gasteiger partial charge in [-0.1, -0.05) is 23.4 Å². The number of amidine groups is 1. The van der Waals surface area contributed by atoms with Crippen molar-refractivity contribution < 1.29 is 14.1 Å². The largest absolute Gasteiger partial charge is 0.361 e. The number of anilines is 1. The molecule has 1 fully saturated rings. The molecular formula is C21H26N6O3. The van der Waals surface area contributed by atoms with Crippen LogP contribution in [0.25, 0.3) is 0 Å². The number of rotatable bonds is 4. The smallest absolute Gasteiger partial charge is 0.290 e. The highest BCUT2D eigenvalue weighted by molar-refractivity contribution is 6.39. The quantitative estimate of drug-likeness (QED) is 0.816. The van der Waals surface area contributed by atoms with Gasteiger partial charge in [-0.3, -0.25) is 19.9 Å². The second-order valence-electron chi connectivity index (χ2n) is 7.65. The van der Waals surface area contributed by atoms with Crippen LogP contribution in [0.2, 0.25) is 0 Å². The van der Waals surface area contributed by atoms with Crippen molar-refractivity contribution >= 4 is 23.3 Å². The summed E-state index contributed by atoms with van der Waals surface area (Å²) in [6.45, 7) is 9.01. The number of carbonyl (C=O) groups excluding carboxylic acids is 2. The maximum atomic E-state index is 13.1. The number of aromatic nitrogens is 1. The molecule has 1 aromatic carbocycles. The van der Waals surface area contributed by atoms with Gasteiger partial charge in [-0.2, -0.15) is 0 Å². The lowest BCUT2D eigenvalue weighted by molar-refractivity contribution is -0.126. The number of nitrogens with one attached hydrogen (secondary N) is 1. The molecule has 2 amide bonds. The van der Waals surface area contributed by atoms with E-state index in [1.165, 1.54) is 5.01 Å². The predicted octanol–water partition coefficient (Wildman–Crippen LogP) is 1.27. The maximum Gasteiger partial charge on any atom is 0.290 e. The number of nitrogens with zero attached hydrogens (tertiary/aromatic N) is 5. The molecule has 9 nitrogen and oxygen atoms in total. The van der Waals surface area contributed by atoms with Gasteiger partial charge in [0.25, 0.3) is 11.8 Å². The lowest BCUT2D eigenvalue weighted by Crippen LogP contribution is -2.60. The Kier molecular flexibility index (Phi) is 5.54. The molecule has 1 aromatic heterocycles. The van der Waals surface area contributed by atoms with Crippen molar-refractivity contribution in [3.8, 4) is 0 Å². The SMILES string of the molecule is Cc1noc(C)c1CN1CCN(C(=O)C2=NC(C)C(=O)N(c3ccccc3)N2)CC1. The molecule has 0 saturated carbocycles. The summed E-state index contributed by atoms with van der Waals surface area (Å²) in [7, 11) is 0. The van der Waals surface area contributed by atoms with Crippen LogP contribution in [0.3, 0.4) is 0 Å². The van der Waals surface area contributed by atoms with Gasteiger partial charge in [0.2, 0.25) is 5.84 Å². The number of aryl methyl sites for hydroxylation is 2. The number of hydrazine groups is 1. The fourth-order valence-corrected chi connectivity index (χ4v) is 3.71. The Labute approximate surface area is 175 Å². The minimum absolute atomic E-state index is 0.188. The standard InChI is InChI=1S/C21H26N6O3/c1-14-18(16(3)30-24-14)13-25-9-11-26(12-10-25)21(29)19-22-15(2)20(28)27(23-19)17-7-5-4-6-8-17/h4-8,15H,9-13H2,1-3H3,(H,22,23). The molecule has 2 aliphatic heterocycles. The fourth-order valence-electron chi connectivity index (χ4n) is 3.71. The fraction of sp³-hybridized carbons (Fsp3) is 0.429. The third-order valence-electron chi connectivity index (χ3n) is 5.56. The molecule has 1 atom stereocenters. The normalized spacial score (nSPS) is 20.2. The van der Waals surface area contributed by atoms with Gasteiger partial charge in [-0.05, 0) is 32.9 Å². The minimum Gasteiger partial charge on any atom is -0.361 e. The average Bonchev–Trinajstić information content (AvgIpc) is 3.08. The van der Waals surface area contributed by atoms with Crippen LogP contribution in [0.15, 0.2) is 39.8 Å². The summed E-state index contributed by atoms with van der Waals surface area (Å²) in [5, 5.41) is 5.41. The molecular weight excluding hydrogens is 384 g/mol. The number of hydrogen-bond acceptors (Lipinski definition) is 7. The van der Waals surface area contributed by atoms with Crippen molar-refractivity contribution in [2.24, 2.45) is 4.99 Å². The van der Waals surface area contributed by atoms with Gasteiger partial charge in [0.15, 0.2) is 0 Å². The summed E-state index contributed by atoms with van der Waals surface area (Å²) in [4.78, 5) is 34.0. The second-order valence-corrected chi connectivity index (χ2v) is 7.65. The van der Waals surface area contributed by atoms with Crippen LogP contribution in [0.5, 0.6) is 0 Å². The van der Waals surface area contributed by atoms with Gasteiger partial charge < -0.3 is 9.42 Å². The first-order valence-electron chi connectivity index (χ1n) is 10.1. The van der Waals surface area contributed by atoms with Crippen molar-refractivity contribution in [1.82, 2.24) is 20.4 Å². The Morgan fingerprint density at radius 2 is 1.87 bits per heavy atom. The lowest BCUT2D eigenvalue weighted by atomic mass is 10.1. The first kappa shape index (κ1) is 20.1.